The molecule has 108 valence electrons. The minimum Gasteiger partial charge on any atom is -0.397 e. The smallest absolute Gasteiger partial charge is 0.268 e. The number of nitrogens with zero attached hydrogens (tertiary/aromatic N) is 2. The average molecular weight is 266 g/mol. The second kappa shape index (κ2) is 6.61. The van der Waals surface area contributed by atoms with E-state index in [4.69, 9.17) is 5.73 Å². The Labute approximate surface area is 115 Å². The summed E-state index contributed by atoms with van der Waals surface area (Å²) in [6, 6.07) is 2.64. The van der Waals surface area contributed by atoms with Gasteiger partial charge in [-0.15, -0.1) is 0 Å². The van der Waals surface area contributed by atoms with Gasteiger partial charge < -0.3 is 15.6 Å². The zero-order valence-electron chi connectivity index (χ0n) is 12.6. The number of nitrogens with two attached hydrogens (primary N) is 1. The molecular formula is C14H26N4O. The lowest BCUT2D eigenvalue weighted by molar-refractivity contribution is 0.0931. The number of aromatic nitrogens is 1. The molecule has 1 rings (SSSR count). The molecule has 5 heteroatoms. The summed E-state index contributed by atoms with van der Waals surface area (Å²) < 4.78 is 1.74. The van der Waals surface area contributed by atoms with Crippen LogP contribution >= 0.6 is 0 Å². The third kappa shape index (κ3) is 4.28. The van der Waals surface area contributed by atoms with Crippen molar-refractivity contribution in [3.05, 3.63) is 18.0 Å². The topological polar surface area (TPSA) is 63.3 Å². The summed E-state index contributed by atoms with van der Waals surface area (Å²) in [6.45, 7) is 10.2. The third-order valence-corrected chi connectivity index (χ3v) is 3.24. The molecule has 0 aliphatic rings. The summed E-state index contributed by atoms with van der Waals surface area (Å²) in [5, 5.41) is 2.94. The summed E-state index contributed by atoms with van der Waals surface area (Å²) >= 11 is 0. The Morgan fingerprint density at radius 1 is 1.37 bits per heavy atom. The van der Waals surface area contributed by atoms with Gasteiger partial charge in [-0.25, -0.2) is 0 Å². The number of nitrogen functional groups attached to an aromatic ring is 1. The molecule has 1 amide bonds. The lowest BCUT2D eigenvalue weighted by Gasteiger charge is -2.30. The van der Waals surface area contributed by atoms with Crippen LogP contribution in [0.2, 0.25) is 0 Å². The first-order valence-corrected chi connectivity index (χ1v) is 6.78. The van der Waals surface area contributed by atoms with Crippen molar-refractivity contribution in [2.45, 2.75) is 39.8 Å². The van der Waals surface area contributed by atoms with E-state index in [2.05, 4.69) is 37.9 Å². The van der Waals surface area contributed by atoms with Crippen molar-refractivity contribution in [2.75, 3.05) is 18.8 Å². The predicted octanol–water partition coefficient (Wildman–Crippen LogP) is 1.46. The van der Waals surface area contributed by atoms with Gasteiger partial charge in [0, 0.05) is 38.4 Å². The molecule has 1 aromatic rings. The quantitative estimate of drug-likeness (QED) is 0.819. The Morgan fingerprint density at radius 2 is 1.95 bits per heavy atom. The Kier molecular flexibility index (Phi) is 5.42. The van der Waals surface area contributed by atoms with Crippen molar-refractivity contribution in [3.63, 3.8) is 0 Å². The summed E-state index contributed by atoms with van der Waals surface area (Å²) in [6.07, 6.45) is 1.74. The Hall–Kier alpha value is -1.49. The number of nitrogens with one attached hydrogen (secondary N) is 1. The van der Waals surface area contributed by atoms with Crippen molar-refractivity contribution in [1.82, 2.24) is 14.8 Å². The van der Waals surface area contributed by atoms with Gasteiger partial charge in [-0.2, -0.15) is 0 Å². The molecule has 0 fully saturated rings. The fourth-order valence-corrected chi connectivity index (χ4v) is 2.32. The van der Waals surface area contributed by atoms with Gasteiger partial charge in [-0.1, -0.05) is 0 Å². The molecule has 0 aliphatic carbocycles. The average Bonchev–Trinajstić information content (AvgIpc) is 2.62. The van der Waals surface area contributed by atoms with E-state index in [1.165, 1.54) is 0 Å². The van der Waals surface area contributed by atoms with Crippen LogP contribution in [0.3, 0.4) is 0 Å². The van der Waals surface area contributed by atoms with Gasteiger partial charge in [0.2, 0.25) is 0 Å². The van der Waals surface area contributed by atoms with Crippen LogP contribution in [0.1, 0.15) is 38.2 Å². The number of anilines is 1. The minimum absolute atomic E-state index is 0.0772. The highest BCUT2D eigenvalue weighted by molar-refractivity contribution is 5.93. The highest BCUT2D eigenvalue weighted by Crippen LogP contribution is 2.08. The second-order valence-electron chi connectivity index (χ2n) is 5.45. The number of carbonyl (C=O) groups excluding carboxylic acids is 1. The van der Waals surface area contributed by atoms with Gasteiger partial charge in [0.1, 0.15) is 5.69 Å². The SMILES string of the molecule is CC(C)N(CCNC(=O)c1cc(N)cn1C)C(C)C. The molecule has 0 aromatic carbocycles. The zero-order valence-corrected chi connectivity index (χ0v) is 12.6. The van der Waals surface area contributed by atoms with E-state index in [9.17, 15) is 4.79 Å². The molecule has 0 saturated heterocycles. The molecule has 0 atom stereocenters. The number of carbonyl (C=O) groups is 1. The normalized spacial score (nSPS) is 11.6. The van der Waals surface area contributed by atoms with E-state index in [-0.39, 0.29) is 5.91 Å². The van der Waals surface area contributed by atoms with Crippen molar-refractivity contribution in [1.29, 1.82) is 0 Å². The molecule has 1 heterocycles. The highest BCUT2D eigenvalue weighted by atomic mass is 16.1. The molecule has 1 aromatic heterocycles. The lowest BCUT2D eigenvalue weighted by Crippen LogP contribution is -2.42. The second-order valence-corrected chi connectivity index (χ2v) is 5.45. The Bertz CT molecular complexity index is 415. The van der Waals surface area contributed by atoms with Crippen LogP contribution in [-0.2, 0) is 7.05 Å². The van der Waals surface area contributed by atoms with Crippen LogP contribution in [0.25, 0.3) is 0 Å². The van der Waals surface area contributed by atoms with Gasteiger partial charge in [-0.05, 0) is 33.8 Å². The summed E-state index contributed by atoms with van der Waals surface area (Å²) in [5.41, 5.74) is 6.87. The number of hydrogen-bond acceptors (Lipinski definition) is 3. The van der Waals surface area contributed by atoms with Crippen LogP contribution in [0.4, 0.5) is 5.69 Å². The molecule has 0 saturated carbocycles. The Balaban J connectivity index is 2.49. The van der Waals surface area contributed by atoms with E-state index < -0.39 is 0 Å². The van der Waals surface area contributed by atoms with Crippen molar-refractivity contribution >= 4 is 11.6 Å². The zero-order chi connectivity index (χ0) is 14.6. The molecule has 0 aliphatic heterocycles. The van der Waals surface area contributed by atoms with E-state index in [0.717, 1.165) is 6.54 Å². The van der Waals surface area contributed by atoms with Gasteiger partial charge in [0.25, 0.3) is 5.91 Å². The molecular weight excluding hydrogens is 240 g/mol. The van der Waals surface area contributed by atoms with Gasteiger partial charge in [0.15, 0.2) is 0 Å². The molecule has 0 unspecified atom stereocenters. The van der Waals surface area contributed by atoms with Gasteiger partial charge in [0.05, 0.1) is 5.69 Å². The molecule has 5 nitrogen and oxygen atoms in total. The van der Waals surface area contributed by atoms with Crippen molar-refractivity contribution < 1.29 is 4.79 Å². The van der Waals surface area contributed by atoms with E-state index >= 15 is 0 Å². The van der Waals surface area contributed by atoms with Crippen LogP contribution in [-0.4, -0.2) is 40.5 Å². The van der Waals surface area contributed by atoms with Crippen molar-refractivity contribution in [2.24, 2.45) is 7.05 Å². The standard InChI is InChI=1S/C14H26N4O/c1-10(2)18(11(3)4)7-6-16-14(19)13-8-12(15)9-17(13)5/h8-11H,6-7,15H2,1-5H3,(H,16,19). The van der Waals surface area contributed by atoms with Crippen molar-refractivity contribution in [3.8, 4) is 0 Å². The summed E-state index contributed by atoms with van der Waals surface area (Å²) in [7, 11) is 1.82. The number of amides is 1. The summed E-state index contributed by atoms with van der Waals surface area (Å²) in [4.78, 5) is 14.3. The number of aryl methyl sites for hydroxylation is 1. The van der Waals surface area contributed by atoms with Crippen LogP contribution in [0.5, 0.6) is 0 Å². The van der Waals surface area contributed by atoms with E-state index in [1.54, 1.807) is 16.8 Å². The highest BCUT2D eigenvalue weighted by Gasteiger charge is 2.14. The maximum Gasteiger partial charge on any atom is 0.268 e. The molecule has 3 N–H and O–H groups in total. The number of rotatable bonds is 6. The maximum atomic E-state index is 12.0. The molecule has 19 heavy (non-hydrogen) atoms. The first-order chi connectivity index (χ1) is 8.82. The minimum atomic E-state index is -0.0772. The fraction of sp³-hybridized carbons (Fsp3) is 0.643. The van der Waals surface area contributed by atoms with Gasteiger partial charge in [-0.3, -0.25) is 9.69 Å². The van der Waals surface area contributed by atoms with Crippen LogP contribution < -0.4 is 11.1 Å². The maximum absolute atomic E-state index is 12.0. The van der Waals surface area contributed by atoms with E-state index in [0.29, 0.717) is 30.0 Å². The first kappa shape index (κ1) is 15.6. The monoisotopic (exact) mass is 266 g/mol. The number of hydrogen-bond donors (Lipinski definition) is 2. The van der Waals surface area contributed by atoms with Crippen LogP contribution in [0, 0.1) is 0 Å². The fourth-order valence-electron chi connectivity index (χ4n) is 2.32. The molecule has 0 spiro atoms. The largest absolute Gasteiger partial charge is 0.397 e. The van der Waals surface area contributed by atoms with Crippen LogP contribution in [0.15, 0.2) is 12.3 Å². The predicted molar refractivity (Wildman–Crippen MR) is 79.1 cm³/mol. The molecule has 0 bridgehead atoms. The van der Waals surface area contributed by atoms with Gasteiger partial charge >= 0.3 is 0 Å². The first-order valence-electron chi connectivity index (χ1n) is 6.78. The summed E-state index contributed by atoms with van der Waals surface area (Å²) in [5.74, 6) is -0.0772. The molecule has 0 radical (unpaired) electrons. The Morgan fingerprint density at radius 3 is 2.37 bits per heavy atom. The van der Waals surface area contributed by atoms with E-state index in [1.807, 2.05) is 7.05 Å². The lowest BCUT2D eigenvalue weighted by atomic mass is 10.2. The third-order valence-electron chi connectivity index (χ3n) is 3.24.